The van der Waals surface area contributed by atoms with Crippen LogP contribution in [0.2, 0.25) is 0 Å². The molecular formula is C14H29N3. The molecule has 3 nitrogen and oxygen atoms in total. The number of aliphatic imine (C=N–C) groups is 1. The second-order valence-corrected chi connectivity index (χ2v) is 4.46. The smallest absolute Gasteiger partial charge is 0.193 e. The molecule has 0 aliphatic rings. The van der Waals surface area contributed by atoms with Crippen LogP contribution in [0.5, 0.6) is 0 Å². The summed E-state index contributed by atoms with van der Waals surface area (Å²) in [7, 11) is 3.94. The van der Waals surface area contributed by atoms with Crippen molar-refractivity contribution in [2.75, 3.05) is 27.2 Å². The molecule has 0 aliphatic carbocycles. The van der Waals surface area contributed by atoms with Crippen molar-refractivity contribution in [2.45, 2.75) is 39.5 Å². The molecule has 1 N–H and O–H groups in total. The molecule has 0 aromatic carbocycles. The fourth-order valence-corrected chi connectivity index (χ4v) is 1.78. The van der Waals surface area contributed by atoms with Gasteiger partial charge in [0.25, 0.3) is 0 Å². The Morgan fingerprint density at radius 2 is 2.06 bits per heavy atom. The van der Waals surface area contributed by atoms with E-state index >= 15 is 0 Å². The molecule has 0 spiro atoms. The third kappa shape index (κ3) is 7.03. The van der Waals surface area contributed by atoms with Crippen LogP contribution in [-0.4, -0.2) is 38.0 Å². The van der Waals surface area contributed by atoms with E-state index in [1.807, 2.05) is 13.1 Å². The molecular weight excluding hydrogens is 210 g/mol. The molecule has 0 fully saturated rings. The van der Waals surface area contributed by atoms with Gasteiger partial charge in [0.05, 0.1) is 0 Å². The predicted molar refractivity (Wildman–Crippen MR) is 77.5 cm³/mol. The van der Waals surface area contributed by atoms with Crippen molar-refractivity contribution in [3.8, 4) is 0 Å². The van der Waals surface area contributed by atoms with E-state index in [1.165, 1.54) is 12.8 Å². The number of hydrogen-bond donors (Lipinski definition) is 1. The lowest BCUT2D eigenvalue weighted by Gasteiger charge is -2.23. The van der Waals surface area contributed by atoms with E-state index < -0.39 is 0 Å². The maximum Gasteiger partial charge on any atom is 0.193 e. The molecule has 0 aromatic rings. The van der Waals surface area contributed by atoms with Crippen LogP contribution < -0.4 is 5.32 Å². The summed E-state index contributed by atoms with van der Waals surface area (Å²) in [5, 5.41) is 3.45. The van der Waals surface area contributed by atoms with Gasteiger partial charge in [0, 0.05) is 27.2 Å². The van der Waals surface area contributed by atoms with Crippen molar-refractivity contribution in [1.29, 1.82) is 0 Å². The SMILES string of the molecule is C=CCCCN(C)C(=NC)NCC(CC)CC. The highest BCUT2D eigenvalue weighted by atomic mass is 15.3. The van der Waals surface area contributed by atoms with Gasteiger partial charge in [-0.25, -0.2) is 0 Å². The van der Waals surface area contributed by atoms with E-state index in [9.17, 15) is 0 Å². The summed E-state index contributed by atoms with van der Waals surface area (Å²) in [5.74, 6) is 1.74. The fourth-order valence-electron chi connectivity index (χ4n) is 1.78. The molecule has 0 aliphatic heterocycles. The molecule has 0 unspecified atom stereocenters. The molecule has 0 bridgehead atoms. The Balaban J connectivity index is 4.01. The molecule has 0 heterocycles. The minimum atomic E-state index is 0.744. The van der Waals surface area contributed by atoms with Gasteiger partial charge in [-0.3, -0.25) is 4.99 Å². The average molecular weight is 239 g/mol. The third-order valence-electron chi connectivity index (χ3n) is 3.18. The summed E-state index contributed by atoms with van der Waals surface area (Å²) >= 11 is 0. The van der Waals surface area contributed by atoms with E-state index in [-0.39, 0.29) is 0 Å². The summed E-state index contributed by atoms with van der Waals surface area (Å²) < 4.78 is 0. The highest BCUT2D eigenvalue weighted by Crippen LogP contribution is 2.05. The van der Waals surface area contributed by atoms with Crippen molar-refractivity contribution in [2.24, 2.45) is 10.9 Å². The lowest BCUT2D eigenvalue weighted by atomic mass is 10.0. The summed E-state index contributed by atoms with van der Waals surface area (Å²) in [6.45, 7) is 10.3. The normalized spacial score (nSPS) is 11.7. The van der Waals surface area contributed by atoms with Gasteiger partial charge in [-0.1, -0.05) is 32.8 Å². The molecule has 17 heavy (non-hydrogen) atoms. The van der Waals surface area contributed by atoms with Crippen LogP contribution in [0, 0.1) is 5.92 Å². The Labute approximate surface area is 107 Å². The van der Waals surface area contributed by atoms with Gasteiger partial charge < -0.3 is 10.2 Å². The van der Waals surface area contributed by atoms with Crippen LogP contribution >= 0.6 is 0 Å². The minimum absolute atomic E-state index is 0.744. The van der Waals surface area contributed by atoms with E-state index in [2.05, 4.69) is 42.7 Å². The maximum atomic E-state index is 4.31. The molecule has 0 rings (SSSR count). The zero-order valence-corrected chi connectivity index (χ0v) is 12.0. The molecule has 0 atom stereocenters. The predicted octanol–water partition coefficient (Wildman–Crippen LogP) is 2.90. The summed E-state index contributed by atoms with van der Waals surface area (Å²) in [5.41, 5.74) is 0. The molecule has 0 amide bonds. The highest BCUT2D eigenvalue weighted by molar-refractivity contribution is 5.79. The lowest BCUT2D eigenvalue weighted by molar-refractivity contribution is 0.439. The lowest BCUT2D eigenvalue weighted by Crippen LogP contribution is -2.41. The van der Waals surface area contributed by atoms with Crippen LogP contribution in [0.25, 0.3) is 0 Å². The Kier molecular flexibility index (Phi) is 9.59. The zero-order chi connectivity index (χ0) is 13.1. The standard InChI is InChI=1S/C14H29N3/c1-6-9-10-11-17(5)14(15-4)16-12-13(7-2)8-3/h6,13H,1,7-12H2,2-5H3,(H,15,16). The number of rotatable bonds is 8. The first kappa shape index (κ1) is 16.0. The topological polar surface area (TPSA) is 27.6 Å². The fraction of sp³-hybridized carbons (Fsp3) is 0.786. The van der Waals surface area contributed by atoms with Crippen LogP contribution in [0.3, 0.4) is 0 Å². The second kappa shape index (κ2) is 10.2. The van der Waals surface area contributed by atoms with Crippen LogP contribution in [0.4, 0.5) is 0 Å². The van der Waals surface area contributed by atoms with E-state index in [0.717, 1.165) is 37.8 Å². The van der Waals surface area contributed by atoms with E-state index in [0.29, 0.717) is 0 Å². The first-order valence-corrected chi connectivity index (χ1v) is 6.72. The Morgan fingerprint density at radius 3 is 2.53 bits per heavy atom. The summed E-state index contributed by atoms with van der Waals surface area (Å²) in [6, 6.07) is 0. The minimum Gasteiger partial charge on any atom is -0.356 e. The Hall–Kier alpha value is -0.990. The van der Waals surface area contributed by atoms with E-state index in [4.69, 9.17) is 0 Å². The number of nitrogens with zero attached hydrogens (tertiary/aromatic N) is 2. The van der Waals surface area contributed by atoms with Crippen LogP contribution in [-0.2, 0) is 0 Å². The second-order valence-electron chi connectivity index (χ2n) is 4.46. The van der Waals surface area contributed by atoms with Gasteiger partial charge in [0.1, 0.15) is 0 Å². The molecule has 0 radical (unpaired) electrons. The Morgan fingerprint density at radius 1 is 1.41 bits per heavy atom. The molecule has 0 saturated heterocycles. The molecule has 100 valence electrons. The highest BCUT2D eigenvalue weighted by Gasteiger charge is 2.08. The summed E-state index contributed by atoms with van der Waals surface area (Å²) in [4.78, 5) is 6.50. The quantitative estimate of drug-likeness (QED) is 0.305. The van der Waals surface area contributed by atoms with Crippen molar-refractivity contribution in [3.05, 3.63) is 12.7 Å². The van der Waals surface area contributed by atoms with Crippen molar-refractivity contribution in [3.63, 3.8) is 0 Å². The number of hydrogen-bond acceptors (Lipinski definition) is 1. The number of nitrogens with one attached hydrogen (secondary N) is 1. The largest absolute Gasteiger partial charge is 0.356 e. The van der Waals surface area contributed by atoms with Gasteiger partial charge in [-0.15, -0.1) is 6.58 Å². The average Bonchev–Trinajstić information content (AvgIpc) is 2.35. The number of unbranched alkanes of at least 4 members (excludes halogenated alkanes) is 1. The monoisotopic (exact) mass is 239 g/mol. The zero-order valence-electron chi connectivity index (χ0n) is 12.0. The number of allylic oxidation sites excluding steroid dienone is 1. The van der Waals surface area contributed by atoms with Crippen molar-refractivity contribution in [1.82, 2.24) is 10.2 Å². The van der Waals surface area contributed by atoms with Crippen molar-refractivity contribution < 1.29 is 0 Å². The third-order valence-corrected chi connectivity index (χ3v) is 3.18. The first-order valence-electron chi connectivity index (χ1n) is 6.72. The van der Waals surface area contributed by atoms with Gasteiger partial charge in [0.2, 0.25) is 0 Å². The molecule has 3 heteroatoms. The van der Waals surface area contributed by atoms with Crippen LogP contribution in [0.1, 0.15) is 39.5 Å². The maximum absolute atomic E-state index is 4.31. The molecule has 0 aromatic heterocycles. The molecule has 0 saturated carbocycles. The van der Waals surface area contributed by atoms with Gasteiger partial charge in [-0.05, 0) is 18.8 Å². The first-order chi connectivity index (χ1) is 8.19. The van der Waals surface area contributed by atoms with Gasteiger partial charge in [0.15, 0.2) is 5.96 Å². The van der Waals surface area contributed by atoms with Gasteiger partial charge >= 0.3 is 0 Å². The van der Waals surface area contributed by atoms with E-state index in [1.54, 1.807) is 0 Å². The summed E-state index contributed by atoms with van der Waals surface area (Å²) in [6.07, 6.45) is 6.61. The van der Waals surface area contributed by atoms with Crippen molar-refractivity contribution >= 4 is 5.96 Å². The number of guanidine groups is 1. The van der Waals surface area contributed by atoms with Crippen LogP contribution in [0.15, 0.2) is 17.6 Å². The van der Waals surface area contributed by atoms with Gasteiger partial charge in [-0.2, -0.15) is 0 Å². The Bertz CT molecular complexity index is 220.